The van der Waals surface area contributed by atoms with Gasteiger partial charge in [-0.3, -0.25) is 14.9 Å². The number of carbonyl (C=O) groups is 1. The molecule has 0 aromatic heterocycles. The lowest BCUT2D eigenvalue weighted by Gasteiger charge is -2.16. The number of nitro groups is 1. The molecule has 1 saturated heterocycles. The van der Waals surface area contributed by atoms with Gasteiger partial charge in [0.2, 0.25) is 0 Å². The number of nitrogens with one attached hydrogen (secondary N) is 1. The van der Waals surface area contributed by atoms with E-state index in [1.165, 1.54) is 12.1 Å². The van der Waals surface area contributed by atoms with Gasteiger partial charge in [0.15, 0.2) is 0 Å². The Hall–Kier alpha value is -1.47. The number of nitro benzene ring substituents is 1. The third kappa shape index (κ3) is 3.34. The lowest BCUT2D eigenvalue weighted by atomic mass is 10.1. The fourth-order valence-corrected chi connectivity index (χ4v) is 2.94. The Morgan fingerprint density at radius 1 is 1.55 bits per heavy atom. The maximum Gasteiger partial charge on any atom is 0.271 e. The topological polar surface area (TPSA) is 75.5 Å². The summed E-state index contributed by atoms with van der Waals surface area (Å²) in [7, 11) is 1.89. The Labute approximate surface area is 125 Å². The van der Waals surface area contributed by atoms with Gasteiger partial charge < -0.3 is 10.2 Å². The van der Waals surface area contributed by atoms with E-state index in [0.717, 1.165) is 13.0 Å². The first-order valence-electron chi connectivity index (χ1n) is 6.40. The predicted octanol–water partition coefficient (Wildman–Crippen LogP) is 2.04. The SMILES string of the molecule is CNCC1CCN(C(=O)c2cc(Br)cc([N+](=O)[O-])c2)C1. The van der Waals surface area contributed by atoms with Crippen LogP contribution in [0.15, 0.2) is 22.7 Å². The summed E-state index contributed by atoms with van der Waals surface area (Å²) in [5.41, 5.74) is 0.282. The average molecular weight is 342 g/mol. The highest BCUT2D eigenvalue weighted by molar-refractivity contribution is 9.10. The summed E-state index contributed by atoms with van der Waals surface area (Å²) < 4.78 is 0.543. The van der Waals surface area contributed by atoms with Gasteiger partial charge in [0.25, 0.3) is 11.6 Å². The monoisotopic (exact) mass is 341 g/mol. The third-order valence-corrected chi connectivity index (χ3v) is 3.86. The van der Waals surface area contributed by atoms with Gasteiger partial charge in [-0.05, 0) is 32.0 Å². The molecular weight excluding hydrogens is 326 g/mol. The summed E-state index contributed by atoms with van der Waals surface area (Å²) in [6.07, 6.45) is 0.961. The van der Waals surface area contributed by atoms with Crippen LogP contribution < -0.4 is 5.32 Å². The first-order valence-corrected chi connectivity index (χ1v) is 7.19. The number of rotatable bonds is 4. The molecule has 1 amide bonds. The van der Waals surface area contributed by atoms with Crippen LogP contribution in [0, 0.1) is 16.0 Å². The van der Waals surface area contributed by atoms with Crippen molar-refractivity contribution < 1.29 is 9.72 Å². The van der Waals surface area contributed by atoms with Gasteiger partial charge in [-0.2, -0.15) is 0 Å². The lowest BCUT2D eigenvalue weighted by Crippen LogP contribution is -2.30. The van der Waals surface area contributed by atoms with E-state index in [4.69, 9.17) is 0 Å². The van der Waals surface area contributed by atoms with Crippen LogP contribution in [0.2, 0.25) is 0 Å². The molecule has 1 heterocycles. The zero-order valence-electron chi connectivity index (χ0n) is 11.1. The molecular formula is C13H16BrN3O3. The van der Waals surface area contributed by atoms with Crippen molar-refractivity contribution in [2.75, 3.05) is 26.7 Å². The molecule has 0 bridgehead atoms. The molecule has 7 heteroatoms. The van der Waals surface area contributed by atoms with E-state index in [-0.39, 0.29) is 11.6 Å². The van der Waals surface area contributed by atoms with Gasteiger partial charge in [0, 0.05) is 35.3 Å². The largest absolute Gasteiger partial charge is 0.338 e. The number of benzene rings is 1. The van der Waals surface area contributed by atoms with Gasteiger partial charge in [-0.1, -0.05) is 15.9 Å². The molecule has 0 saturated carbocycles. The van der Waals surface area contributed by atoms with Crippen LogP contribution in [0.3, 0.4) is 0 Å². The standard InChI is InChI=1S/C13H16BrN3O3/c1-15-7-9-2-3-16(8-9)13(18)10-4-11(14)6-12(5-10)17(19)20/h4-6,9,15H,2-3,7-8H2,1H3. The molecule has 0 aliphatic carbocycles. The number of nitrogens with zero attached hydrogens (tertiary/aromatic N) is 2. The maximum atomic E-state index is 12.4. The Bertz CT molecular complexity index is 536. The van der Waals surface area contributed by atoms with Gasteiger partial charge in [0.1, 0.15) is 0 Å². The summed E-state index contributed by atoms with van der Waals surface area (Å²) in [5, 5.41) is 13.9. The van der Waals surface area contributed by atoms with Crippen molar-refractivity contribution >= 4 is 27.5 Å². The van der Waals surface area contributed by atoms with Crippen molar-refractivity contribution in [3.63, 3.8) is 0 Å². The van der Waals surface area contributed by atoms with E-state index in [2.05, 4.69) is 21.2 Å². The van der Waals surface area contributed by atoms with Crippen LogP contribution in [-0.4, -0.2) is 42.4 Å². The molecule has 108 valence electrons. The van der Waals surface area contributed by atoms with Gasteiger partial charge >= 0.3 is 0 Å². The molecule has 1 aromatic carbocycles. The smallest absolute Gasteiger partial charge is 0.271 e. The Morgan fingerprint density at radius 3 is 2.95 bits per heavy atom. The minimum absolute atomic E-state index is 0.0753. The second kappa shape index (κ2) is 6.32. The van der Waals surface area contributed by atoms with Crippen molar-refractivity contribution in [2.45, 2.75) is 6.42 Å². The molecule has 1 fully saturated rings. The fraction of sp³-hybridized carbons (Fsp3) is 0.462. The van der Waals surface area contributed by atoms with Gasteiger partial charge in [-0.15, -0.1) is 0 Å². The van der Waals surface area contributed by atoms with Crippen LogP contribution in [0.4, 0.5) is 5.69 Å². The number of amides is 1. The second-order valence-corrected chi connectivity index (χ2v) is 5.83. The molecule has 0 spiro atoms. The minimum Gasteiger partial charge on any atom is -0.338 e. The van der Waals surface area contributed by atoms with Crippen LogP contribution in [0.25, 0.3) is 0 Å². The van der Waals surface area contributed by atoms with Crippen molar-refractivity contribution in [3.05, 3.63) is 38.3 Å². The number of carbonyl (C=O) groups excluding carboxylic acids is 1. The molecule has 1 N–H and O–H groups in total. The molecule has 20 heavy (non-hydrogen) atoms. The summed E-state index contributed by atoms with van der Waals surface area (Å²) >= 11 is 3.21. The predicted molar refractivity (Wildman–Crippen MR) is 78.7 cm³/mol. The molecule has 1 aromatic rings. The van der Waals surface area contributed by atoms with E-state index < -0.39 is 4.92 Å². The van der Waals surface area contributed by atoms with Crippen LogP contribution >= 0.6 is 15.9 Å². The summed E-state index contributed by atoms with van der Waals surface area (Å²) in [5.74, 6) is 0.305. The van der Waals surface area contributed by atoms with E-state index >= 15 is 0 Å². The first kappa shape index (κ1) is 14.9. The van der Waals surface area contributed by atoms with E-state index in [1.54, 1.807) is 11.0 Å². The lowest BCUT2D eigenvalue weighted by molar-refractivity contribution is -0.385. The molecule has 2 rings (SSSR count). The molecule has 1 aliphatic heterocycles. The number of hydrogen-bond acceptors (Lipinski definition) is 4. The van der Waals surface area contributed by atoms with Crippen LogP contribution in [-0.2, 0) is 0 Å². The maximum absolute atomic E-state index is 12.4. The molecule has 1 atom stereocenters. The fourth-order valence-electron chi connectivity index (χ4n) is 2.46. The summed E-state index contributed by atoms with van der Waals surface area (Å²) in [6.45, 7) is 2.27. The summed E-state index contributed by atoms with van der Waals surface area (Å²) in [6, 6.07) is 4.35. The number of likely N-dealkylation sites (tertiary alicyclic amines) is 1. The number of halogens is 1. The normalized spacial score (nSPS) is 18.3. The van der Waals surface area contributed by atoms with Crippen molar-refractivity contribution in [2.24, 2.45) is 5.92 Å². The Kier molecular flexibility index (Phi) is 4.72. The van der Waals surface area contributed by atoms with E-state index in [0.29, 0.717) is 29.0 Å². The average Bonchev–Trinajstić information content (AvgIpc) is 2.86. The zero-order valence-corrected chi connectivity index (χ0v) is 12.7. The highest BCUT2D eigenvalue weighted by atomic mass is 79.9. The minimum atomic E-state index is -0.491. The highest BCUT2D eigenvalue weighted by Gasteiger charge is 2.27. The van der Waals surface area contributed by atoms with Gasteiger partial charge in [-0.25, -0.2) is 0 Å². The number of non-ortho nitro benzene ring substituents is 1. The highest BCUT2D eigenvalue weighted by Crippen LogP contribution is 2.24. The second-order valence-electron chi connectivity index (χ2n) is 4.92. The molecule has 1 aliphatic rings. The van der Waals surface area contributed by atoms with Crippen LogP contribution in [0.1, 0.15) is 16.8 Å². The Morgan fingerprint density at radius 2 is 2.30 bits per heavy atom. The van der Waals surface area contributed by atoms with Gasteiger partial charge in [0.05, 0.1) is 4.92 Å². The quantitative estimate of drug-likeness (QED) is 0.671. The first-order chi connectivity index (χ1) is 9.51. The third-order valence-electron chi connectivity index (χ3n) is 3.41. The van der Waals surface area contributed by atoms with Crippen molar-refractivity contribution in [1.82, 2.24) is 10.2 Å². The molecule has 6 nitrogen and oxygen atoms in total. The number of hydrogen-bond donors (Lipinski definition) is 1. The summed E-state index contributed by atoms with van der Waals surface area (Å²) in [4.78, 5) is 24.5. The van der Waals surface area contributed by atoms with Crippen LogP contribution in [0.5, 0.6) is 0 Å². The van der Waals surface area contributed by atoms with E-state index in [9.17, 15) is 14.9 Å². The Balaban J connectivity index is 2.15. The van der Waals surface area contributed by atoms with Crippen molar-refractivity contribution in [3.8, 4) is 0 Å². The van der Waals surface area contributed by atoms with E-state index in [1.807, 2.05) is 7.05 Å². The molecule has 1 unspecified atom stereocenters. The molecule has 0 radical (unpaired) electrons. The zero-order chi connectivity index (χ0) is 14.7. The van der Waals surface area contributed by atoms with Crippen molar-refractivity contribution in [1.29, 1.82) is 0 Å².